The number of hydrogen-bond acceptors (Lipinski definition) is 6. The van der Waals surface area contributed by atoms with Gasteiger partial charge in [0.05, 0.1) is 22.0 Å². The van der Waals surface area contributed by atoms with Gasteiger partial charge in [0.2, 0.25) is 0 Å². The first-order valence-corrected chi connectivity index (χ1v) is 14.1. The third kappa shape index (κ3) is 4.61. The number of nitrogens with zero attached hydrogens (tertiary/aromatic N) is 3. The molecule has 12 heteroatoms. The van der Waals surface area contributed by atoms with Crippen LogP contribution in [0.4, 0.5) is 18.9 Å². The number of benzene rings is 3. The summed E-state index contributed by atoms with van der Waals surface area (Å²) in [6, 6.07) is 19.6. The molecule has 0 saturated heterocycles. The summed E-state index contributed by atoms with van der Waals surface area (Å²) in [4.78, 5) is 7.08. The number of nitrogens with one attached hydrogen (secondary N) is 3. The average Bonchev–Trinajstić information content (AvgIpc) is 3.67. The monoisotopic (exact) mass is 564 g/mol. The minimum atomic E-state index is -4.60. The highest BCUT2D eigenvalue weighted by Gasteiger charge is 2.35. The number of aromatic nitrogens is 3. The van der Waals surface area contributed by atoms with E-state index in [1.54, 1.807) is 47.6 Å². The van der Waals surface area contributed by atoms with Gasteiger partial charge in [0, 0.05) is 41.3 Å². The molecule has 6 rings (SSSR count). The second-order valence-corrected chi connectivity index (χ2v) is 11.5. The Balaban J connectivity index is 1.52. The number of alkyl halides is 3. The number of H-pyrrole nitrogens is 1. The van der Waals surface area contributed by atoms with Crippen molar-refractivity contribution in [1.29, 1.82) is 0 Å². The second-order valence-electron chi connectivity index (χ2n) is 9.45. The van der Waals surface area contributed by atoms with Crippen molar-refractivity contribution in [2.24, 2.45) is 0 Å². The molecule has 1 aliphatic rings. The van der Waals surface area contributed by atoms with Crippen molar-refractivity contribution in [3.05, 3.63) is 102 Å². The number of anilines is 1. The standard InChI is InChI=1S/C28H23F3N6O2S/c1-17-34-27(28(29,30)31)16-36(17)24-9-7-19(18-4-3-5-22(13-18)40(2,38)39)14-25(24)37-26(15-33-35-37)21-6-8-23-20(12-21)10-11-32-23/h3-16,32-33,35H,1-2H3. The number of hydrogen-bond donors (Lipinski definition) is 3. The van der Waals surface area contributed by atoms with Crippen LogP contribution in [-0.2, 0) is 16.0 Å². The van der Waals surface area contributed by atoms with Crippen molar-refractivity contribution in [2.45, 2.75) is 18.0 Å². The highest BCUT2D eigenvalue weighted by molar-refractivity contribution is 7.90. The zero-order chi connectivity index (χ0) is 28.2. The largest absolute Gasteiger partial charge is 0.434 e. The number of imidazole rings is 1. The Bertz CT molecular complexity index is 1910. The van der Waals surface area contributed by atoms with E-state index in [0.29, 0.717) is 22.5 Å². The molecule has 3 heterocycles. The van der Waals surface area contributed by atoms with Crippen molar-refractivity contribution >= 4 is 32.1 Å². The number of aromatic amines is 1. The van der Waals surface area contributed by atoms with Gasteiger partial charge in [-0.3, -0.25) is 5.01 Å². The summed E-state index contributed by atoms with van der Waals surface area (Å²) >= 11 is 0. The predicted molar refractivity (Wildman–Crippen MR) is 147 cm³/mol. The normalized spacial score (nSPS) is 14.0. The van der Waals surface area contributed by atoms with Gasteiger partial charge in [-0.1, -0.05) is 24.3 Å². The second kappa shape index (κ2) is 9.28. The molecular formula is C28H23F3N6O2S. The van der Waals surface area contributed by atoms with Gasteiger partial charge in [0.25, 0.3) is 0 Å². The Morgan fingerprint density at radius 3 is 2.42 bits per heavy atom. The van der Waals surface area contributed by atoms with E-state index in [4.69, 9.17) is 0 Å². The summed E-state index contributed by atoms with van der Waals surface area (Å²) in [5.41, 5.74) is 9.89. The highest BCUT2D eigenvalue weighted by Crippen LogP contribution is 2.38. The molecule has 8 nitrogen and oxygen atoms in total. The minimum Gasteiger partial charge on any atom is -0.361 e. The molecule has 0 saturated carbocycles. The molecule has 0 radical (unpaired) electrons. The number of hydrazine groups is 2. The molecule has 3 N–H and O–H groups in total. The van der Waals surface area contributed by atoms with Gasteiger partial charge in [0.1, 0.15) is 5.82 Å². The molecule has 2 aromatic heterocycles. The maximum Gasteiger partial charge on any atom is 0.434 e. The average molecular weight is 565 g/mol. The van der Waals surface area contributed by atoms with Gasteiger partial charge in [-0.15, -0.1) is 5.53 Å². The quantitative estimate of drug-likeness (QED) is 0.258. The fourth-order valence-electron chi connectivity index (χ4n) is 4.75. The minimum absolute atomic E-state index is 0.159. The smallest absolute Gasteiger partial charge is 0.361 e. The number of sulfone groups is 1. The summed E-state index contributed by atoms with van der Waals surface area (Å²) < 4.78 is 66.4. The van der Waals surface area contributed by atoms with Crippen LogP contribution >= 0.6 is 0 Å². The van der Waals surface area contributed by atoms with E-state index >= 15 is 0 Å². The van der Waals surface area contributed by atoms with Crippen LogP contribution in [-0.4, -0.2) is 29.2 Å². The molecule has 0 bridgehead atoms. The first kappa shape index (κ1) is 25.7. The first-order chi connectivity index (χ1) is 19.0. The topological polar surface area (TPSA) is 95.1 Å². The fourth-order valence-corrected chi connectivity index (χ4v) is 5.42. The molecule has 0 amide bonds. The van der Waals surface area contributed by atoms with Crippen LogP contribution in [0.1, 0.15) is 17.1 Å². The summed E-state index contributed by atoms with van der Waals surface area (Å²) in [6.07, 6.45) is 1.11. The zero-order valence-corrected chi connectivity index (χ0v) is 22.1. The van der Waals surface area contributed by atoms with Crippen LogP contribution in [0.15, 0.2) is 90.2 Å². The Hall–Kier alpha value is -4.55. The van der Waals surface area contributed by atoms with Gasteiger partial charge in [0.15, 0.2) is 15.5 Å². The van der Waals surface area contributed by atoms with E-state index in [1.165, 1.54) is 17.6 Å². The lowest BCUT2D eigenvalue weighted by Gasteiger charge is -2.25. The van der Waals surface area contributed by atoms with Crippen molar-refractivity contribution in [3.63, 3.8) is 0 Å². The van der Waals surface area contributed by atoms with Crippen LogP contribution in [0.5, 0.6) is 0 Å². The number of rotatable bonds is 5. The van der Waals surface area contributed by atoms with Crippen molar-refractivity contribution in [1.82, 2.24) is 25.5 Å². The highest BCUT2D eigenvalue weighted by atomic mass is 32.2. The van der Waals surface area contributed by atoms with Crippen molar-refractivity contribution in [3.8, 4) is 16.8 Å². The van der Waals surface area contributed by atoms with E-state index in [9.17, 15) is 21.6 Å². The van der Waals surface area contributed by atoms with Crippen LogP contribution < -0.4 is 16.0 Å². The van der Waals surface area contributed by atoms with E-state index < -0.39 is 21.7 Å². The lowest BCUT2D eigenvalue weighted by molar-refractivity contribution is -0.141. The van der Waals surface area contributed by atoms with Gasteiger partial charge in [-0.2, -0.15) is 13.2 Å². The van der Waals surface area contributed by atoms with Gasteiger partial charge in [-0.25, -0.2) is 13.4 Å². The zero-order valence-electron chi connectivity index (χ0n) is 21.3. The molecule has 3 aromatic carbocycles. The Labute approximate surface area is 227 Å². The van der Waals surface area contributed by atoms with Crippen molar-refractivity contribution in [2.75, 3.05) is 11.3 Å². The van der Waals surface area contributed by atoms with Gasteiger partial charge >= 0.3 is 6.18 Å². The molecule has 5 aromatic rings. The maximum atomic E-state index is 13.5. The molecular weight excluding hydrogens is 541 g/mol. The number of aryl methyl sites for hydroxylation is 1. The lowest BCUT2D eigenvalue weighted by Crippen LogP contribution is -2.37. The summed E-state index contributed by atoms with van der Waals surface area (Å²) in [5, 5.41) is 2.73. The van der Waals surface area contributed by atoms with E-state index in [1.807, 2.05) is 30.5 Å². The summed E-state index contributed by atoms with van der Waals surface area (Å²) in [5.74, 6) is 0.159. The molecule has 0 unspecified atom stereocenters. The third-order valence-corrected chi connectivity index (χ3v) is 7.83. The number of fused-ring (bicyclic) bond motifs is 1. The first-order valence-electron chi connectivity index (χ1n) is 12.2. The van der Waals surface area contributed by atoms with Crippen LogP contribution in [0.2, 0.25) is 0 Å². The summed E-state index contributed by atoms with van der Waals surface area (Å²) in [7, 11) is -3.45. The van der Waals surface area contributed by atoms with Gasteiger partial charge in [-0.05, 0) is 60.5 Å². The Kier molecular flexibility index (Phi) is 5.97. The lowest BCUT2D eigenvalue weighted by atomic mass is 10.0. The van der Waals surface area contributed by atoms with E-state index in [0.717, 1.165) is 34.6 Å². The fraction of sp³-hybridized carbons (Fsp3) is 0.107. The Morgan fingerprint density at radius 2 is 1.68 bits per heavy atom. The maximum absolute atomic E-state index is 13.5. The molecule has 204 valence electrons. The van der Waals surface area contributed by atoms with Crippen molar-refractivity contribution < 1.29 is 21.6 Å². The summed E-state index contributed by atoms with van der Waals surface area (Å²) in [6.45, 7) is 1.51. The molecule has 40 heavy (non-hydrogen) atoms. The molecule has 0 spiro atoms. The van der Waals surface area contributed by atoms with Crippen LogP contribution in [0.3, 0.4) is 0 Å². The van der Waals surface area contributed by atoms with Crippen LogP contribution in [0, 0.1) is 6.92 Å². The number of halogens is 3. The van der Waals surface area contributed by atoms with Crippen LogP contribution in [0.25, 0.3) is 33.4 Å². The predicted octanol–water partition coefficient (Wildman–Crippen LogP) is 5.58. The molecule has 0 fully saturated rings. The van der Waals surface area contributed by atoms with Gasteiger partial charge < -0.3 is 15.0 Å². The van der Waals surface area contributed by atoms with E-state index in [2.05, 4.69) is 20.9 Å². The molecule has 0 atom stereocenters. The molecule has 1 aliphatic heterocycles. The Morgan fingerprint density at radius 1 is 0.900 bits per heavy atom. The molecule has 0 aliphatic carbocycles. The SMILES string of the molecule is Cc1nc(C(F)(F)F)cn1-c1ccc(-c2cccc(S(C)(=O)=O)c2)cc1N1NNC=C1c1ccc2[nH]ccc2c1. The third-order valence-electron chi connectivity index (χ3n) is 6.72. The van der Waals surface area contributed by atoms with E-state index in [-0.39, 0.29) is 10.7 Å².